The Kier molecular flexibility index (Phi) is 3.66. The highest BCUT2D eigenvalue weighted by atomic mass is 16.6. The zero-order valence-electron chi connectivity index (χ0n) is 14.5. The van der Waals surface area contributed by atoms with E-state index in [-0.39, 0.29) is 40.5 Å². The summed E-state index contributed by atoms with van der Waals surface area (Å²) in [5.41, 5.74) is 1.30. The molecule has 124 valence electrons. The minimum Gasteiger partial charge on any atom is -0.454 e. The fourth-order valence-corrected chi connectivity index (χ4v) is 5.29. The minimum absolute atomic E-state index is 0.0350. The first-order valence-corrected chi connectivity index (χ1v) is 8.48. The summed E-state index contributed by atoms with van der Waals surface area (Å²) in [5, 5.41) is 0. The summed E-state index contributed by atoms with van der Waals surface area (Å²) in [6.45, 7) is 12.3. The molecule has 0 spiro atoms. The second kappa shape index (κ2) is 5.19. The van der Waals surface area contributed by atoms with Crippen LogP contribution < -0.4 is 0 Å². The number of ketones is 1. The molecule has 0 bridgehead atoms. The second-order valence-corrected chi connectivity index (χ2v) is 8.25. The molecule has 0 unspecified atom stereocenters. The summed E-state index contributed by atoms with van der Waals surface area (Å²) in [6, 6.07) is 0. The van der Waals surface area contributed by atoms with E-state index in [1.54, 1.807) is 12.2 Å². The molecular formula is C20H26O3. The number of hydrogen-bond donors (Lipinski definition) is 0. The first-order chi connectivity index (χ1) is 10.7. The van der Waals surface area contributed by atoms with Crippen LogP contribution in [0.4, 0.5) is 0 Å². The predicted octanol–water partition coefficient (Wildman–Crippen LogP) is 4.00. The van der Waals surface area contributed by atoms with Crippen molar-refractivity contribution in [2.75, 3.05) is 0 Å². The van der Waals surface area contributed by atoms with Gasteiger partial charge in [-0.05, 0) is 42.7 Å². The zero-order chi connectivity index (χ0) is 17.0. The van der Waals surface area contributed by atoms with Crippen LogP contribution >= 0.6 is 0 Å². The van der Waals surface area contributed by atoms with Crippen molar-refractivity contribution >= 4 is 11.8 Å². The molecule has 0 aromatic heterocycles. The predicted molar refractivity (Wildman–Crippen MR) is 89.6 cm³/mol. The monoisotopic (exact) mass is 314 g/mol. The van der Waals surface area contributed by atoms with Crippen molar-refractivity contribution in [2.24, 2.45) is 22.7 Å². The van der Waals surface area contributed by atoms with E-state index in [1.807, 2.05) is 13.0 Å². The van der Waals surface area contributed by atoms with Crippen molar-refractivity contribution in [3.63, 3.8) is 0 Å². The summed E-state index contributed by atoms with van der Waals surface area (Å²) in [4.78, 5) is 25.1. The SMILES string of the molecule is C=C/C(C)=C/[C@H]1OC(=O)C2=CC(=O)[C@@H]3C(C)(C)CCC[C@@]3(C)[C@@H]21. The van der Waals surface area contributed by atoms with Crippen molar-refractivity contribution in [3.05, 3.63) is 36.0 Å². The molecule has 1 saturated carbocycles. The van der Waals surface area contributed by atoms with Crippen LogP contribution in [0.1, 0.15) is 47.0 Å². The Morgan fingerprint density at radius 2 is 2.00 bits per heavy atom. The Labute approximate surface area is 138 Å². The molecule has 3 nitrogen and oxygen atoms in total. The summed E-state index contributed by atoms with van der Waals surface area (Å²) in [5.74, 6) is -0.311. The molecule has 3 rings (SSSR count). The highest BCUT2D eigenvalue weighted by Crippen LogP contribution is 2.61. The van der Waals surface area contributed by atoms with Gasteiger partial charge in [-0.25, -0.2) is 4.79 Å². The second-order valence-electron chi connectivity index (χ2n) is 8.25. The number of hydrogen-bond acceptors (Lipinski definition) is 3. The lowest BCUT2D eigenvalue weighted by molar-refractivity contribution is -0.138. The number of fused-ring (bicyclic) bond motifs is 3. The molecule has 4 atom stereocenters. The van der Waals surface area contributed by atoms with Crippen molar-refractivity contribution in [2.45, 2.75) is 53.1 Å². The summed E-state index contributed by atoms with van der Waals surface area (Å²) in [7, 11) is 0. The third-order valence-electron chi connectivity index (χ3n) is 6.16. The molecule has 3 aliphatic rings. The largest absolute Gasteiger partial charge is 0.454 e. The number of rotatable bonds is 2. The van der Waals surface area contributed by atoms with Crippen molar-refractivity contribution in [1.29, 1.82) is 0 Å². The molecule has 0 aromatic carbocycles. The summed E-state index contributed by atoms with van der Waals surface area (Å²) >= 11 is 0. The minimum atomic E-state index is -0.329. The molecule has 1 aliphatic heterocycles. The highest BCUT2D eigenvalue weighted by Gasteiger charge is 2.61. The van der Waals surface area contributed by atoms with Gasteiger partial charge in [0.25, 0.3) is 0 Å². The fourth-order valence-electron chi connectivity index (χ4n) is 5.29. The topological polar surface area (TPSA) is 43.4 Å². The standard InChI is InChI=1S/C20H26O3/c1-6-12(2)10-15-16-13(18(22)23-15)11-14(21)17-19(3,4)8-7-9-20(16,17)5/h6,10-11,15-17H,1,7-9H2,2-5H3/b12-10+/t15-,16+,17-,20+/m1/s1. The Morgan fingerprint density at radius 1 is 1.30 bits per heavy atom. The van der Waals surface area contributed by atoms with E-state index in [0.29, 0.717) is 5.57 Å². The van der Waals surface area contributed by atoms with E-state index < -0.39 is 0 Å². The molecular weight excluding hydrogens is 288 g/mol. The van der Waals surface area contributed by atoms with Crippen LogP contribution in [-0.4, -0.2) is 17.9 Å². The molecule has 0 aromatic rings. The molecule has 1 saturated heterocycles. The lowest BCUT2D eigenvalue weighted by Crippen LogP contribution is -2.54. The normalized spacial score (nSPS) is 39.2. The maximum absolute atomic E-state index is 12.8. The maximum atomic E-state index is 12.8. The molecule has 3 heteroatoms. The quantitative estimate of drug-likeness (QED) is 0.571. The van der Waals surface area contributed by atoms with Crippen molar-refractivity contribution < 1.29 is 14.3 Å². The van der Waals surface area contributed by atoms with E-state index in [2.05, 4.69) is 27.4 Å². The summed E-state index contributed by atoms with van der Waals surface area (Å²) < 4.78 is 5.63. The summed E-state index contributed by atoms with van der Waals surface area (Å²) in [6.07, 6.45) is 8.13. The van der Waals surface area contributed by atoms with E-state index in [1.165, 1.54) is 0 Å². The van der Waals surface area contributed by atoms with Crippen molar-refractivity contribution in [1.82, 2.24) is 0 Å². The molecule has 0 N–H and O–H groups in total. The van der Waals surface area contributed by atoms with Crippen molar-refractivity contribution in [3.8, 4) is 0 Å². The molecule has 0 radical (unpaired) electrons. The van der Waals surface area contributed by atoms with Gasteiger partial charge in [0.05, 0.1) is 0 Å². The molecule has 0 amide bonds. The molecule has 2 fully saturated rings. The molecule has 2 aliphatic carbocycles. The first kappa shape index (κ1) is 16.2. The smallest absolute Gasteiger partial charge is 0.335 e. The number of cyclic esters (lactones) is 1. The van der Waals surface area contributed by atoms with Gasteiger partial charge in [0.15, 0.2) is 5.78 Å². The van der Waals surface area contributed by atoms with Gasteiger partial charge < -0.3 is 4.74 Å². The third-order valence-corrected chi connectivity index (χ3v) is 6.16. The number of ether oxygens (including phenoxy) is 1. The van der Waals surface area contributed by atoms with Gasteiger partial charge in [0.1, 0.15) is 6.10 Å². The number of carbonyl (C=O) groups is 2. The third kappa shape index (κ3) is 2.32. The average Bonchev–Trinajstić information content (AvgIpc) is 2.74. The zero-order valence-corrected chi connectivity index (χ0v) is 14.5. The van der Waals surface area contributed by atoms with Gasteiger partial charge in [-0.1, -0.05) is 45.4 Å². The molecule has 1 heterocycles. The van der Waals surface area contributed by atoms with E-state index >= 15 is 0 Å². The Morgan fingerprint density at radius 3 is 2.65 bits per heavy atom. The lowest BCUT2D eigenvalue weighted by atomic mass is 9.48. The number of allylic oxidation sites excluding steroid dienone is 3. The maximum Gasteiger partial charge on any atom is 0.335 e. The van der Waals surface area contributed by atoms with Crippen LogP contribution in [0.15, 0.2) is 36.0 Å². The van der Waals surface area contributed by atoms with Crippen LogP contribution in [0.3, 0.4) is 0 Å². The fraction of sp³-hybridized carbons (Fsp3) is 0.600. The van der Waals surface area contributed by atoms with E-state index in [9.17, 15) is 9.59 Å². The highest BCUT2D eigenvalue weighted by molar-refractivity contribution is 6.04. The first-order valence-electron chi connectivity index (χ1n) is 8.48. The number of esters is 1. The van der Waals surface area contributed by atoms with Crippen LogP contribution in [-0.2, 0) is 14.3 Å². The van der Waals surface area contributed by atoms with Crippen LogP contribution in [0.2, 0.25) is 0 Å². The Bertz CT molecular complexity index is 637. The molecule has 23 heavy (non-hydrogen) atoms. The van der Waals surface area contributed by atoms with Gasteiger partial charge in [-0.2, -0.15) is 0 Å². The number of carbonyl (C=O) groups excluding carboxylic acids is 2. The van der Waals surface area contributed by atoms with Gasteiger partial charge >= 0.3 is 5.97 Å². The van der Waals surface area contributed by atoms with E-state index in [0.717, 1.165) is 24.8 Å². The van der Waals surface area contributed by atoms with Gasteiger partial charge in [-0.15, -0.1) is 0 Å². The Balaban J connectivity index is 2.13. The average molecular weight is 314 g/mol. The van der Waals surface area contributed by atoms with Crippen LogP contribution in [0.5, 0.6) is 0 Å². The van der Waals surface area contributed by atoms with Gasteiger partial charge in [0, 0.05) is 17.4 Å². The van der Waals surface area contributed by atoms with E-state index in [4.69, 9.17) is 4.74 Å². The Hall–Kier alpha value is -1.64. The lowest BCUT2D eigenvalue weighted by Gasteiger charge is -2.54. The van der Waals surface area contributed by atoms with Crippen LogP contribution in [0, 0.1) is 22.7 Å². The van der Waals surface area contributed by atoms with Crippen LogP contribution in [0.25, 0.3) is 0 Å². The van der Waals surface area contributed by atoms with Gasteiger partial charge in [0.2, 0.25) is 0 Å². The van der Waals surface area contributed by atoms with Gasteiger partial charge in [-0.3, -0.25) is 4.79 Å².